The highest BCUT2D eigenvalue weighted by atomic mass is 16.5. The van der Waals surface area contributed by atoms with Gasteiger partial charge in [0.1, 0.15) is 18.7 Å². The molecular weight excluding hydrogens is 448 g/mol. The Morgan fingerprint density at radius 3 is 2.11 bits per heavy atom. The predicted molar refractivity (Wildman–Crippen MR) is 132 cm³/mol. The van der Waals surface area contributed by atoms with E-state index in [1.807, 2.05) is 43.3 Å². The van der Waals surface area contributed by atoms with E-state index in [2.05, 4.69) is 17.4 Å². The average Bonchev–Trinajstić information content (AvgIpc) is 3.18. The second kappa shape index (κ2) is 11.4. The number of carbonyl (C=O) groups is 3. The van der Waals surface area contributed by atoms with Gasteiger partial charge in [-0.2, -0.15) is 0 Å². The molecule has 0 heterocycles. The number of alkyl carbamates (subject to hydrolysis) is 1. The molecular formula is C27H34N2O6. The van der Waals surface area contributed by atoms with E-state index in [1.54, 1.807) is 13.8 Å². The predicted octanol–water partition coefficient (Wildman–Crippen LogP) is 4.03. The minimum Gasteiger partial charge on any atom is -0.480 e. The Balaban J connectivity index is 1.79. The fraction of sp³-hybridized carbons (Fsp3) is 0.444. The Bertz CT molecular complexity index is 1030. The van der Waals surface area contributed by atoms with Gasteiger partial charge in [0, 0.05) is 19.1 Å². The van der Waals surface area contributed by atoms with Crippen molar-refractivity contribution < 1.29 is 29.0 Å². The summed E-state index contributed by atoms with van der Waals surface area (Å²) in [6.45, 7) is 4.92. The van der Waals surface area contributed by atoms with E-state index in [0.717, 1.165) is 22.3 Å². The monoisotopic (exact) mass is 482 g/mol. The summed E-state index contributed by atoms with van der Waals surface area (Å²) in [6, 6.07) is 15.7. The molecule has 0 spiro atoms. The number of nitrogens with zero attached hydrogens (tertiary/aromatic N) is 1. The highest BCUT2D eigenvalue weighted by molar-refractivity contribution is 5.92. The summed E-state index contributed by atoms with van der Waals surface area (Å²) in [6.07, 6.45) is 0.0196. The maximum Gasteiger partial charge on any atom is 0.408 e. The summed E-state index contributed by atoms with van der Waals surface area (Å²) in [5, 5.41) is 12.1. The van der Waals surface area contributed by atoms with E-state index in [9.17, 15) is 19.5 Å². The SMILES string of the molecule is CCC(C)N(CC(=O)O)C(=O)C(CC)(COC)NC(=O)OCC1c2ccccc2-c2ccccc21. The van der Waals surface area contributed by atoms with Gasteiger partial charge in [0.2, 0.25) is 0 Å². The standard InChI is InChI=1S/C27H34N2O6/c1-5-18(3)29(15-24(30)31)25(32)27(6-2,17-34-4)28-26(33)35-16-23-21-13-9-7-11-19(21)20-12-8-10-14-22(20)23/h7-14,18,23H,5-6,15-17H2,1-4H3,(H,28,33)(H,30,31). The molecule has 2 amide bonds. The molecule has 1 aliphatic carbocycles. The van der Waals surface area contributed by atoms with Crippen molar-refractivity contribution in [3.8, 4) is 11.1 Å². The van der Waals surface area contributed by atoms with Gasteiger partial charge in [0.25, 0.3) is 5.91 Å². The Kier molecular flexibility index (Phi) is 8.51. The lowest BCUT2D eigenvalue weighted by molar-refractivity contribution is -0.151. The largest absolute Gasteiger partial charge is 0.480 e. The number of aliphatic carboxylic acids is 1. The zero-order chi connectivity index (χ0) is 25.6. The molecule has 0 radical (unpaired) electrons. The number of hydrogen-bond donors (Lipinski definition) is 2. The molecule has 2 atom stereocenters. The number of carbonyl (C=O) groups excluding carboxylic acids is 2. The second-order valence-corrected chi connectivity index (χ2v) is 8.90. The molecule has 8 heteroatoms. The van der Waals surface area contributed by atoms with Gasteiger partial charge in [-0.15, -0.1) is 0 Å². The van der Waals surface area contributed by atoms with E-state index in [4.69, 9.17) is 9.47 Å². The minimum absolute atomic E-state index is 0.102. The number of benzene rings is 2. The van der Waals surface area contributed by atoms with Crippen LogP contribution in [0.5, 0.6) is 0 Å². The van der Waals surface area contributed by atoms with Crippen molar-refractivity contribution in [3.05, 3.63) is 59.7 Å². The van der Waals surface area contributed by atoms with Crippen LogP contribution in [-0.2, 0) is 19.1 Å². The first-order chi connectivity index (χ1) is 16.8. The third-order valence-electron chi connectivity index (χ3n) is 6.78. The fourth-order valence-electron chi connectivity index (χ4n) is 4.64. The quantitative estimate of drug-likeness (QED) is 0.501. The Morgan fingerprint density at radius 1 is 1.06 bits per heavy atom. The molecule has 2 N–H and O–H groups in total. The summed E-state index contributed by atoms with van der Waals surface area (Å²) in [4.78, 5) is 39.3. The topological polar surface area (TPSA) is 105 Å². The van der Waals surface area contributed by atoms with Gasteiger partial charge in [0.05, 0.1) is 6.61 Å². The highest BCUT2D eigenvalue weighted by Crippen LogP contribution is 2.44. The molecule has 188 valence electrons. The van der Waals surface area contributed by atoms with Crippen molar-refractivity contribution >= 4 is 18.0 Å². The first-order valence-electron chi connectivity index (χ1n) is 11.9. The summed E-state index contributed by atoms with van der Waals surface area (Å²) in [7, 11) is 1.43. The van der Waals surface area contributed by atoms with Crippen LogP contribution in [0.2, 0.25) is 0 Å². The summed E-state index contributed by atoms with van der Waals surface area (Å²) >= 11 is 0. The molecule has 0 saturated carbocycles. The van der Waals surface area contributed by atoms with E-state index in [0.29, 0.717) is 6.42 Å². The molecule has 0 aliphatic heterocycles. The molecule has 2 aromatic rings. The van der Waals surface area contributed by atoms with Crippen LogP contribution in [0.4, 0.5) is 4.79 Å². The average molecular weight is 483 g/mol. The third-order valence-corrected chi connectivity index (χ3v) is 6.78. The van der Waals surface area contributed by atoms with Crippen LogP contribution in [0.3, 0.4) is 0 Å². The lowest BCUT2D eigenvalue weighted by Crippen LogP contribution is -2.64. The molecule has 3 rings (SSSR count). The van der Waals surface area contributed by atoms with Crippen LogP contribution in [0.25, 0.3) is 11.1 Å². The lowest BCUT2D eigenvalue weighted by atomic mass is 9.94. The minimum atomic E-state index is -1.45. The maximum atomic E-state index is 13.6. The Hall–Kier alpha value is -3.39. The van der Waals surface area contributed by atoms with Gasteiger partial charge >= 0.3 is 12.1 Å². The molecule has 35 heavy (non-hydrogen) atoms. The number of fused-ring (bicyclic) bond motifs is 3. The summed E-state index contributed by atoms with van der Waals surface area (Å²) in [5.41, 5.74) is 2.96. The van der Waals surface area contributed by atoms with Crippen molar-refractivity contribution in [1.29, 1.82) is 0 Å². The van der Waals surface area contributed by atoms with Crippen LogP contribution >= 0.6 is 0 Å². The molecule has 0 fully saturated rings. The molecule has 8 nitrogen and oxygen atoms in total. The molecule has 2 unspecified atom stereocenters. The van der Waals surface area contributed by atoms with Gasteiger partial charge in [-0.3, -0.25) is 9.59 Å². The molecule has 2 aromatic carbocycles. The molecule has 0 aromatic heterocycles. The van der Waals surface area contributed by atoms with Crippen LogP contribution in [0, 0.1) is 0 Å². The van der Waals surface area contributed by atoms with Gasteiger partial charge in [-0.05, 0) is 42.0 Å². The van der Waals surface area contributed by atoms with Gasteiger partial charge in [-0.1, -0.05) is 62.4 Å². The smallest absolute Gasteiger partial charge is 0.408 e. The highest BCUT2D eigenvalue weighted by Gasteiger charge is 2.43. The van der Waals surface area contributed by atoms with Crippen molar-refractivity contribution in [2.75, 3.05) is 26.9 Å². The molecule has 0 saturated heterocycles. The normalized spacial score (nSPS) is 14.9. The third kappa shape index (κ3) is 5.48. The Morgan fingerprint density at radius 2 is 1.63 bits per heavy atom. The number of rotatable bonds is 11. The number of methoxy groups -OCH3 is 1. The van der Waals surface area contributed by atoms with Gasteiger partial charge in [-0.25, -0.2) is 4.79 Å². The van der Waals surface area contributed by atoms with Crippen LogP contribution in [0.15, 0.2) is 48.5 Å². The molecule has 0 bridgehead atoms. The van der Waals surface area contributed by atoms with E-state index in [-0.39, 0.29) is 31.6 Å². The first kappa shape index (κ1) is 26.2. The molecule has 1 aliphatic rings. The van der Waals surface area contributed by atoms with Crippen LogP contribution in [0.1, 0.15) is 50.7 Å². The number of ether oxygens (including phenoxy) is 2. The Labute approximate surface area is 206 Å². The number of amides is 2. The maximum absolute atomic E-state index is 13.6. The van der Waals surface area contributed by atoms with E-state index < -0.39 is 30.1 Å². The summed E-state index contributed by atoms with van der Waals surface area (Å²) < 4.78 is 10.9. The lowest BCUT2D eigenvalue weighted by Gasteiger charge is -2.38. The van der Waals surface area contributed by atoms with Gasteiger partial charge < -0.3 is 24.8 Å². The number of nitrogens with one attached hydrogen (secondary N) is 1. The van der Waals surface area contributed by atoms with Crippen molar-refractivity contribution in [2.45, 2.75) is 51.1 Å². The van der Waals surface area contributed by atoms with Crippen molar-refractivity contribution in [2.24, 2.45) is 0 Å². The number of hydrogen-bond acceptors (Lipinski definition) is 5. The zero-order valence-corrected chi connectivity index (χ0v) is 20.7. The zero-order valence-electron chi connectivity index (χ0n) is 20.7. The van der Waals surface area contributed by atoms with Crippen LogP contribution < -0.4 is 5.32 Å². The van der Waals surface area contributed by atoms with Gasteiger partial charge in [0.15, 0.2) is 0 Å². The van der Waals surface area contributed by atoms with E-state index in [1.165, 1.54) is 12.0 Å². The van der Waals surface area contributed by atoms with Crippen molar-refractivity contribution in [3.63, 3.8) is 0 Å². The number of carboxylic acid groups (broad SMARTS) is 1. The number of carboxylic acids is 1. The van der Waals surface area contributed by atoms with Crippen molar-refractivity contribution in [1.82, 2.24) is 10.2 Å². The first-order valence-corrected chi connectivity index (χ1v) is 11.9. The van der Waals surface area contributed by atoms with Crippen LogP contribution in [-0.4, -0.2) is 66.4 Å². The summed E-state index contributed by atoms with van der Waals surface area (Å²) in [5.74, 6) is -1.75. The second-order valence-electron chi connectivity index (χ2n) is 8.90. The van der Waals surface area contributed by atoms with E-state index >= 15 is 0 Å². The fourth-order valence-corrected chi connectivity index (χ4v) is 4.64.